The van der Waals surface area contributed by atoms with E-state index >= 15 is 0 Å². The minimum atomic E-state index is -0.263. The number of ether oxygens (including phenoxy) is 1. The van der Waals surface area contributed by atoms with Crippen molar-refractivity contribution in [2.24, 2.45) is 7.05 Å². The first-order valence-electron chi connectivity index (χ1n) is 8.35. The number of carbonyl (C=O) groups excluding carboxylic acids is 2. The van der Waals surface area contributed by atoms with Crippen LogP contribution in [0.15, 0.2) is 23.7 Å². The van der Waals surface area contributed by atoms with Gasteiger partial charge in [0.05, 0.1) is 18.2 Å². The Labute approximate surface area is 141 Å². The van der Waals surface area contributed by atoms with Crippen LogP contribution in [0.1, 0.15) is 44.5 Å². The maximum absolute atomic E-state index is 12.7. The number of nitrogens with one attached hydrogen (secondary N) is 1. The quantitative estimate of drug-likeness (QED) is 0.905. The van der Waals surface area contributed by atoms with E-state index in [0.717, 1.165) is 18.7 Å². The molecule has 3 heterocycles. The number of amides is 2. The van der Waals surface area contributed by atoms with Gasteiger partial charge < -0.3 is 19.5 Å². The molecule has 0 radical (unpaired) electrons. The molecule has 3 rings (SSSR count). The average Bonchev–Trinajstić information content (AvgIpc) is 2.97. The summed E-state index contributed by atoms with van der Waals surface area (Å²) in [5.41, 5.74) is 0.708. The zero-order valence-corrected chi connectivity index (χ0v) is 14.4. The van der Waals surface area contributed by atoms with Gasteiger partial charge in [0.25, 0.3) is 5.91 Å². The van der Waals surface area contributed by atoms with E-state index in [1.54, 1.807) is 18.1 Å². The second-order valence-electron chi connectivity index (χ2n) is 6.45. The maximum Gasteiger partial charge on any atom is 0.250 e. The number of likely N-dealkylation sites (tertiary alicyclic amines) is 1. The number of allylic oxidation sites excluding steroid dienone is 1. The molecule has 2 aliphatic heterocycles. The van der Waals surface area contributed by atoms with E-state index in [4.69, 9.17) is 4.74 Å². The molecule has 1 aromatic heterocycles. The van der Waals surface area contributed by atoms with Crippen molar-refractivity contribution in [2.75, 3.05) is 13.7 Å². The lowest BCUT2D eigenvalue weighted by atomic mass is 9.94. The van der Waals surface area contributed by atoms with Crippen LogP contribution in [0.5, 0.6) is 0 Å². The number of aromatic nitrogens is 2. The third kappa shape index (κ3) is 3.02. The normalized spacial score (nSPS) is 24.8. The predicted octanol–water partition coefficient (Wildman–Crippen LogP) is 1.28. The topological polar surface area (TPSA) is 76.5 Å². The first-order chi connectivity index (χ1) is 11.5. The first-order valence-corrected chi connectivity index (χ1v) is 8.35. The molecule has 2 atom stereocenters. The molecule has 1 N–H and O–H groups in total. The number of hydrogen-bond donors (Lipinski definition) is 1. The predicted molar refractivity (Wildman–Crippen MR) is 87.8 cm³/mol. The zero-order chi connectivity index (χ0) is 17.3. The number of rotatable bonds is 3. The molecular formula is C17H24N4O3. The zero-order valence-electron chi connectivity index (χ0n) is 14.4. The molecule has 1 saturated heterocycles. The van der Waals surface area contributed by atoms with E-state index in [0.29, 0.717) is 30.8 Å². The standard InChI is InChI=1S/C17H24N4O3/c1-11-12(5-4-10-24-11)17(23)19-13-6-7-14(22)21(3)15(13)16-18-8-9-20(16)2/h8-9,13,15H,4-7,10H2,1-3H3,(H,19,23)/t13-,15-/m1/s1. The third-order valence-corrected chi connectivity index (χ3v) is 4.89. The summed E-state index contributed by atoms with van der Waals surface area (Å²) in [6.45, 7) is 2.50. The number of imidazole rings is 1. The van der Waals surface area contributed by atoms with Gasteiger partial charge in [-0.15, -0.1) is 0 Å². The summed E-state index contributed by atoms with van der Waals surface area (Å²) < 4.78 is 7.39. The third-order valence-electron chi connectivity index (χ3n) is 4.89. The second kappa shape index (κ2) is 6.67. The fourth-order valence-corrected chi connectivity index (χ4v) is 3.47. The number of likely N-dealkylation sites (N-methyl/N-ethyl adjacent to an activating group) is 1. The van der Waals surface area contributed by atoms with Crippen molar-refractivity contribution in [3.63, 3.8) is 0 Å². The van der Waals surface area contributed by atoms with Crippen molar-refractivity contribution >= 4 is 11.8 Å². The van der Waals surface area contributed by atoms with Crippen LogP contribution >= 0.6 is 0 Å². The Hall–Kier alpha value is -2.31. The van der Waals surface area contributed by atoms with Gasteiger partial charge in [0.1, 0.15) is 17.6 Å². The van der Waals surface area contributed by atoms with Crippen LogP contribution < -0.4 is 5.32 Å². The van der Waals surface area contributed by atoms with E-state index < -0.39 is 0 Å². The first kappa shape index (κ1) is 16.5. The van der Waals surface area contributed by atoms with Gasteiger partial charge >= 0.3 is 0 Å². The number of nitrogens with zero attached hydrogens (tertiary/aromatic N) is 3. The van der Waals surface area contributed by atoms with Gasteiger partial charge in [0.15, 0.2) is 0 Å². The highest BCUT2D eigenvalue weighted by Gasteiger charge is 2.38. The fourth-order valence-electron chi connectivity index (χ4n) is 3.47. The highest BCUT2D eigenvalue weighted by atomic mass is 16.5. The van der Waals surface area contributed by atoms with E-state index in [2.05, 4.69) is 10.3 Å². The molecular weight excluding hydrogens is 308 g/mol. The Morgan fingerprint density at radius 2 is 2.17 bits per heavy atom. The Bertz CT molecular complexity index is 679. The smallest absolute Gasteiger partial charge is 0.250 e. The minimum absolute atomic E-state index is 0.0740. The molecule has 1 aromatic rings. The minimum Gasteiger partial charge on any atom is -0.498 e. The van der Waals surface area contributed by atoms with Crippen LogP contribution in [-0.4, -0.2) is 46.0 Å². The SMILES string of the molecule is CC1=C(C(=O)N[C@@H]2CCC(=O)N(C)[C@H]2c2nccn2C)CCCO1. The van der Waals surface area contributed by atoms with Gasteiger partial charge in [-0.1, -0.05) is 0 Å². The van der Waals surface area contributed by atoms with Crippen LogP contribution in [0.2, 0.25) is 0 Å². The highest BCUT2D eigenvalue weighted by molar-refractivity contribution is 5.94. The summed E-state index contributed by atoms with van der Waals surface area (Å²) in [6.07, 6.45) is 6.18. The van der Waals surface area contributed by atoms with Crippen molar-refractivity contribution in [1.82, 2.24) is 19.8 Å². The van der Waals surface area contributed by atoms with Gasteiger partial charge in [0, 0.05) is 32.9 Å². The van der Waals surface area contributed by atoms with Crippen molar-refractivity contribution in [1.29, 1.82) is 0 Å². The van der Waals surface area contributed by atoms with Gasteiger partial charge in [-0.2, -0.15) is 0 Å². The molecule has 0 aliphatic carbocycles. The molecule has 0 saturated carbocycles. The van der Waals surface area contributed by atoms with Crippen molar-refractivity contribution < 1.29 is 14.3 Å². The molecule has 2 amide bonds. The maximum atomic E-state index is 12.7. The lowest BCUT2D eigenvalue weighted by Crippen LogP contribution is -2.51. The molecule has 2 aliphatic rings. The average molecular weight is 332 g/mol. The van der Waals surface area contributed by atoms with Crippen LogP contribution in [0.3, 0.4) is 0 Å². The molecule has 0 aromatic carbocycles. The summed E-state index contributed by atoms with van der Waals surface area (Å²) >= 11 is 0. The number of aryl methyl sites for hydroxylation is 1. The Kier molecular flexibility index (Phi) is 4.59. The molecule has 0 unspecified atom stereocenters. The van der Waals surface area contributed by atoms with Crippen molar-refractivity contribution in [3.05, 3.63) is 29.6 Å². The van der Waals surface area contributed by atoms with Crippen LogP contribution in [0.25, 0.3) is 0 Å². The van der Waals surface area contributed by atoms with Gasteiger partial charge in [-0.05, 0) is 26.2 Å². The van der Waals surface area contributed by atoms with E-state index in [-0.39, 0.29) is 23.9 Å². The van der Waals surface area contributed by atoms with E-state index in [1.807, 2.05) is 24.7 Å². The summed E-state index contributed by atoms with van der Waals surface area (Å²) in [4.78, 5) is 30.9. The number of piperidine rings is 1. The van der Waals surface area contributed by atoms with Gasteiger partial charge in [-0.3, -0.25) is 9.59 Å². The molecule has 7 heteroatoms. The lowest BCUT2D eigenvalue weighted by Gasteiger charge is -2.39. The molecule has 7 nitrogen and oxygen atoms in total. The molecule has 1 fully saturated rings. The highest BCUT2D eigenvalue weighted by Crippen LogP contribution is 2.30. The molecule has 130 valence electrons. The summed E-state index contributed by atoms with van der Waals surface area (Å²) in [5, 5.41) is 3.11. The summed E-state index contributed by atoms with van der Waals surface area (Å²) in [7, 11) is 3.67. The van der Waals surface area contributed by atoms with Gasteiger partial charge in [-0.25, -0.2) is 4.98 Å². The number of hydrogen-bond acceptors (Lipinski definition) is 4. The van der Waals surface area contributed by atoms with Crippen molar-refractivity contribution in [3.8, 4) is 0 Å². The lowest BCUT2D eigenvalue weighted by molar-refractivity contribution is -0.137. The second-order valence-corrected chi connectivity index (χ2v) is 6.45. The van der Waals surface area contributed by atoms with Gasteiger partial charge in [0.2, 0.25) is 5.91 Å². The largest absolute Gasteiger partial charge is 0.498 e. The molecule has 0 bridgehead atoms. The molecule has 24 heavy (non-hydrogen) atoms. The summed E-state index contributed by atoms with van der Waals surface area (Å²) in [5.74, 6) is 1.46. The monoisotopic (exact) mass is 332 g/mol. The molecule has 0 spiro atoms. The fraction of sp³-hybridized carbons (Fsp3) is 0.588. The Morgan fingerprint density at radius 3 is 2.83 bits per heavy atom. The van der Waals surface area contributed by atoms with Crippen molar-refractivity contribution in [2.45, 2.75) is 44.7 Å². The Balaban J connectivity index is 1.83. The number of carbonyl (C=O) groups is 2. The Morgan fingerprint density at radius 1 is 1.38 bits per heavy atom. The van der Waals surface area contributed by atoms with Crippen LogP contribution in [0.4, 0.5) is 0 Å². The summed E-state index contributed by atoms with van der Waals surface area (Å²) in [6, 6.07) is -0.427. The van der Waals surface area contributed by atoms with E-state index in [9.17, 15) is 9.59 Å². The van der Waals surface area contributed by atoms with Crippen LogP contribution in [0, 0.1) is 0 Å². The van der Waals surface area contributed by atoms with E-state index in [1.165, 1.54) is 0 Å². The van der Waals surface area contributed by atoms with Crippen LogP contribution in [-0.2, 0) is 21.4 Å².